The molecule has 0 atom stereocenters. The van der Waals surface area contributed by atoms with Crippen molar-refractivity contribution >= 4 is 37.2 Å². The van der Waals surface area contributed by atoms with Crippen molar-refractivity contribution in [1.82, 2.24) is 9.97 Å². The van der Waals surface area contributed by atoms with Gasteiger partial charge in [0.05, 0.1) is 0 Å². The van der Waals surface area contributed by atoms with Crippen molar-refractivity contribution in [3.05, 3.63) is 96.3 Å². The van der Waals surface area contributed by atoms with Crippen molar-refractivity contribution in [3.63, 3.8) is 0 Å². The van der Waals surface area contributed by atoms with Gasteiger partial charge < -0.3 is 0 Å². The molecule has 0 radical (unpaired) electrons. The summed E-state index contributed by atoms with van der Waals surface area (Å²) in [6.45, 7) is 14.4. The molecule has 0 amide bonds. The molecule has 2 heterocycles. The average molecular weight is 465 g/mol. The van der Waals surface area contributed by atoms with E-state index in [4.69, 9.17) is 9.97 Å². The Bertz CT molecular complexity index is 1220. The Kier molecular flexibility index (Phi) is 5.07. The van der Waals surface area contributed by atoms with Crippen LogP contribution in [0.2, 0.25) is 26.2 Å². The third kappa shape index (κ3) is 3.44. The Morgan fingerprint density at radius 3 is 1.36 bits per heavy atom. The molecule has 2 aromatic heterocycles. The average Bonchev–Trinajstić information content (AvgIpc) is 3.06. The number of nitrogens with zero attached hydrogens (tertiary/aromatic N) is 2. The van der Waals surface area contributed by atoms with Crippen LogP contribution in [0, 0.1) is 0 Å². The van der Waals surface area contributed by atoms with Crippen molar-refractivity contribution in [2.45, 2.75) is 45.5 Å². The van der Waals surface area contributed by atoms with Crippen LogP contribution < -0.4 is 21.0 Å². The highest BCUT2D eigenvalue weighted by Crippen LogP contribution is 2.48. The summed E-state index contributed by atoms with van der Waals surface area (Å²) in [5, 5.41) is 5.35. The summed E-state index contributed by atoms with van der Waals surface area (Å²) in [6, 6.07) is 27.0. The summed E-state index contributed by atoms with van der Waals surface area (Å²) in [6.07, 6.45) is 3.85. The number of hydrogen-bond acceptors (Lipinski definition) is 2. The molecule has 2 nitrogen and oxygen atoms in total. The molecule has 5 rings (SSSR count). The van der Waals surface area contributed by atoms with E-state index in [0.29, 0.717) is 0 Å². The lowest BCUT2D eigenvalue weighted by Crippen LogP contribution is -2.54. The van der Waals surface area contributed by atoms with E-state index in [1.165, 1.54) is 43.3 Å². The van der Waals surface area contributed by atoms with Gasteiger partial charge in [0.15, 0.2) is 0 Å². The summed E-state index contributed by atoms with van der Waals surface area (Å²) in [5.41, 5.74) is 5.67. The van der Waals surface area contributed by atoms with Gasteiger partial charge in [-0.15, -0.1) is 0 Å². The number of benzene rings is 2. The van der Waals surface area contributed by atoms with Crippen LogP contribution >= 0.6 is 0 Å². The number of fused-ring (bicyclic) bond motifs is 3. The van der Waals surface area contributed by atoms with E-state index >= 15 is 0 Å². The van der Waals surface area contributed by atoms with Crippen molar-refractivity contribution < 1.29 is 0 Å². The maximum absolute atomic E-state index is 4.73. The highest BCUT2D eigenvalue weighted by Gasteiger charge is 2.38. The summed E-state index contributed by atoms with van der Waals surface area (Å²) in [7, 11) is -3.76. The van der Waals surface area contributed by atoms with Gasteiger partial charge in [0.2, 0.25) is 0 Å². The first-order chi connectivity index (χ1) is 15.6. The Morgan fingerprint density at radius 2 is 1.00 bits per heavy atom. The third-order valence-corrected chi connectivity index (χ3v) is 14.4. The number of hydrogen-bond donors (Lipinski definition) is 0. The third-order valence-electron chi connectivity index (χ3n) is 7.73. The van der Waals surface area contributed by atoms with Gasteiger partial charge in [-0.2, -0.15) is 0 Å². The second kappa shape index (κ2) is 7.61. The molecular weight excluding hydrogens is 433 g/mol. The van der Waals surface area contributed by atoms with E-state index < -0.39 is 16.1 Å². The molecule has 0 spiro atoms. The van der Waals surface area contributed by atoms with E-state index in [0.717, 1.165) is 0 Å². The van der Waals surface area contributed by atoms with Gasteiger partial charge >= 0.3 is 0 Å². The van der Waals surface area contributed by atoms with Gasteiger partial charge in [0, 0.05) is 28.4 Å². The van der Waals surface area contributed by atoms with Crippen LogP contribution in [-0.2, 0) is 5.41 Å². The van der Waals surface area contributed by atoms with Crippen molar-refractivity contribution in [2.75, 3.05) is 0 Å². The van der Waals surface area contributed by atoms with Gasteiger partial charge in [-0.25, -0.2) is 0 Å². The van der Waals surface area contributed by atoms with Crippen LogP contribution in [-0.4, -0.2) is 26.1 Å². The number of aromatic nitrogens is 2. The van der Waals surface area contributed by atoms with Crippen LogP contribution in [0.1, 0.15) is 25.0 Å². The van der Waals surface area contributed by atoms with E-state index in [1.54, 1.807) is 0 Å². The molecule has 1 aliphatic rings. The van der Waals surface area contributed by atoms with Gasteiger partial charge in [0.1, 0.15) is 16.1 Å². The molecule has 0 saturated heterocycles. The fourth-order valence-electron chi connectivity index (χ4n) is 5.31. The second-order valence-corrected chi connectivity index (χ2v) is 19.5. The Labute approximate surface area is 199 Å². The molecule has 0 saturated carbocycles. The van der Waals surface area contributed by atoms with Crippen molar-refractivity contribution in [2.24, 2.45) is 0 Å². The van der Waals surface area contributed by atoms with Crippen LogP contribution in [0.25, 0.3) is 11.1 Å². The zero-order valence-electron chi connectivity index (χ0n) is 20.5. The van der Waals surface area contributed by atoms with Gasteiger partial charge in [-0.05, 0) is 46.5 Å². The van der Waals surface area contributed by atoms with Crippen LogP contribution in [0.4, 0.5) is 0 Å². The Hall–Kier alpha value is -2.83. The molecule has 0 N–H and O–H groups in total. The van der Waals surface area contributed by atoms with E-state index in [9.17, 15) is 0 Å². The van der Waals surface area contributed by atoms with Crippen LogP contribution in [0.5, 0.6) is 0 Å². The van der Waals surface area contributed by atoms with Gasteiger partial charge in [-0.3, -0.25) is 9.97 Å². The first-order valence-electron chi connectivity index (χ1n) is 11.8. The van der Waals surface area contributed by atoms with Gasteiger partial charge in [0.25, 0.3) is 0 Å². The molecule has 0 fully saturated rings. The molecular formula is C29H32N2Si2. The molecule has 0 bridgehead atoms. The number of pyridine rings is 2. The van der Waals surface area contributed by atoms with E-state index in [2.05, 4.69) is 101 Å². The maximum Gasteiger partial charge on any atom is 0.135 e. The largest absolute Gasteiger partial charge is 0.266 e. The lowest BCUT2D eigenvalue weighted by atomic mass is 9.82. The predicted octanol–water partition coefficient (Wildman–Crippen LogP) is 4.43. The minimum atomic E-state index is -1.88. The first-order valence-corrected chi connectivity index (χ1v) is 17.8. The molecule has 0 unspecified atom stereocenters. The van der Waals surface area contributed by atoms with E-state index in [-0.39, 0.29) is 5.41 Å². The minimum Gasteiger partial charge on any atom is -0.266 e. The fraction of sp³-hybridized carbons (Fsp3) is 0.241. The highest BCUT2D eigenvalue weighted by molar-refractivity contribution is 7.00. The predicted molar refractivity (Wildman–Crippen MR) is 146 cm³/mol. The normalized spacial score (nSPS) is 14.6. The SMILES string of the molecule is CC1(C)c2ccc([Si](C)(C)c3ccccn3)cc2-c2cc([Si](C)(C)c3ccccn3)ccc21. The quantitative estimate of drug-likeness (QED) is 0.418. The summed E-state index contributed by atoms with van der Waals surface area (Å²) in [5.74, 6) is 0. The van der Waals surface area contributed by atoms with Gasteiger partial charge in [-0.1, -0.05) is 98.9 Å². The fourth-order valence-corrected chi connectivity index (χ4v) is 9.73. The zero-order chi connectivity index (χ0) is 23.4. The Morgan fingerprint density at radius 1 is 0.576 bits per heavy atom. The topological polar surface area (TPSA) is 25.8 Å². The van der Waals surface area contributed by atoms with Crippen molar-refractivity contribution in [3.8, 4) is 11.1 Å². The first kappa shape index (κ1) is 22.0. The van der Waals surface area contributed by atoms with Crippen LogP contribution in [0.3, 0.4) is 0 Å². The lowest BCUT2D eigenvalue weighted by molar-refractivity contribution is 0.660. The summed E-state index contributed by atoms with van der Waals surface area (Å²) < 4.78 is 0. The minimum absolute atomic E-state index is 0.00904. The molecule has 33 heavy (non-hydrogen) atoms. The monoisotopic (exact) mass is 464 g/mol. The van der Waals surface area contributed by atoms with Crippen LogP contribution in [0.15, 0.2) is 85.2 Å². The molecule has 0 aliphatic heterocycles. The molecule has 4 aromatic rings. The second-order valence-electron chi connectivity index (χ2n) is 10.8. The lowest BCUT2D eigenvalue weighted by Gasteiger charge is -2.25. The standard InChI is InChI=1S/C29H32N2Si2/c1-29(2)25-15-13-21(32(3,4)27-11-7-9-17-30-27)19-23(25)24-20-22(14-16-26(24)29)33(5,6)28-12-8-10-18-31-28/h7-20H,1-6H3. The zero-order valence-corrected chi connectivity index (χ0v) is 22.5. The Balaban J connectivity index is 1.66. The molecule has 166 valence electrons. The molecule has 2 aromatic carbocycles. The molecule has 1 aliphatic carbocycles. The maximum atomic E-state index is 4.73. The smallest absolute Gasteiger partial charge is 0.135 e. The van der Waals surface area contributed by atoms with Crippen molar-refractivity contribution in [1.29, 1.82) is 0 Å². The summed E-state index contributed by atoms with van der Waals surface area (Å²) in [4.78, 5) is 9.47. The molecule has 4 heteroatoms. The number of rotatable bonds is 4. The highest BCUT2D eigenvalue weighted by atomic mass is 28.3. The van der Waals surface area contributed by atoms with E-state index in [1.807, 2.05) is 24.5 Å². The summed E-state index contributed by atoms with van der Waals surface area (Å²) >= 11 is 0.